The second-order valence-corrected chi connectivity index (χ2v) is 13.9. The molecule has 0 aliphatic heterocycles. The van der Waals surface area contributed by atoms with E-state index >= 15 is 0 Å². The van der Waals surface area contributed by atoms with Crippen LogP contribution in [-0.2, 0) is 29.5 Å². The summed E-state index contributed by atoms with van der Waals surface area (Å²) in [5.41, 5.74) is 2.35. The molecule has 9 heteroatoms. The molecule has 148 valence electrons. The van der Waals surface area contributed by atoms with E-state index in [1.807, 2.05) is 0 Å². The quantitative estimate of drug-likeness (QED) is 0.722. The van der Waals surface area contributed by atoms with Gasteiger partial charge in [0.15, 0.2) is 9.84 Å². The van der Waals surface area contributed by atoms with E-state index in [-0.39, 0.29) is 9.79 Å². The van der Waals surface area contributed by atoms with Crippen molar-refractivity contribution in [1.82, 2.24) is 0 Å². The van der Waals surface area contributed by atoms with Crippen molar-refractivity contribution in [2.75, 3.05) is 6.26 Å². The van der Waals surface area contributed by atoms with Crippen molar-refractivity contribution in [3.05, 3.63) is 58.7 Å². The average molecular weight is 431 g/mol. The Hall–Kier alpha value is -1.71. The van der Waals surface area contributed by atoms with Gasteiger partial charge < -0.3 is 0 Å². The molecular formula is C18H22O6S3. The van der Waals surface area contributed by atoms with E-state index in [0.717, 1.165) is 0 Å². The summed E-state index contributed by atoms with van der Waals surface area (Å²) < 4.78 is 74.6. The molecule has 0 saturated carbocycles. The summed E-state index contributed by atoms with van der Waals surface area (Å²) in [6.45, 7) is 6.61. The molecule has 0 bridgehead atoms. The summed E-state index contributed by atoms with van der Waals surface area (Å²) in [7, 11) is -13.9. The first-order valence-electron chi connectivity index (χ1n) is 7.99. The molecule has 27 heavy (non-hydrogen) atoms. The van der Waals surface area contributed by atoms with Crippen LogP contribution in [0.4, 0.5) is 0 Å². The normalized spacial score (nSPS) is 13.1. The van der Waals surface area contributed by atoms with Gasteiger partial charge in [-0.1, -0.05) is 12.1 Å². The lowest BCUT2D eigenvalue weighted by atomic mass is 10.2. The maximum atomic E-state index is 13.1. The van der Waals surface area contributed by atoms with E-state index in [4.69, 9.17) is 0 Å². The van der Waals surface area contributed by atoms with Crippen molar-refractivity contribution in [1.29, 1.82) is 0 Å². The Kier molecular flexibility index (Phi) is 5.62. The summed E-state index contributed by atoms with van der Waals surface area (Å²) in [6.07, 6.45) is 0.623. The van der Waals surface area contributed by atoms with Gasteiger partial charge in [0.1, 0.15) is 0 Å². The Bertz CT molecular complexity index is 1090. The zero-order valence-electron chi connectivity index (χ0n) is 15.7. The first-order chi connectivity index (χ1) is 12.2. The monoisotopic (exact) mass is 430 g/mol. The van der Waals surface area contributed by atoms with Gasteiger partial charge in [0, 0.05) is 6.26 Å². The van der Waals surface area contributed by atoms with E-state index in [1.54, 1.807) is 39.8 Å². The van der Waals surface area contributed by atoms with Crippen LogP contribution < -0.4 is 0 Å². The van der Waals surface area contributed by atoms with Crippen LogP contribution in [-0.4, -0.2) is 35.4 Å². The molecule has 0 aliphatic rings. The number of benzene rings is 2. The first-order valence-corrected chi connectivity index (χ1v) is 13.0. The maximum absolute atomic E-state index is 13.1. The van der Waals surface area contributed by atoms with Crippen LogP contribution in [0.5, 0.6) is 0 Å². The Morgan fingerprint density at radius 1 is 0.556 bits per heavy atom. The number of rotatable bonds is 5. The van der Waals surface area contributed by atoms with Crippen LogP contribution in [0.25, 0.3) is 0 Å². The van der Waals surface area contributed by atoms with E-state index in [9.17, 15) is 25.3 Å². The summed E-state index contributed by atoms with van der Waals surface area (Å²) >= 11 is 0. The lowest BCUT2D eigenvalue weighted by molar-refractivity contribution is 0.575. The van der Waals surface area contributed by atoms with Crippen LogP contribution >= 0.6 is 0 Å². The molecule has 0 fully saturated rings. The third-order valence-electron chi connectivity index (χ3n) is 3.90. The SMILES string of the molecule is Cc1cc(C)cc(S(=O)(=O)C(S(C)(=O)=O)S(=O)(=O)c2cc(C)cc(C)c2)c1. The second-order valence-electron chi connectivity index (χ2n) is 6.86. The highest BCUT2D eigenvalue weighted by Gasteiger charge is 2.47. The van der Waals surface area contributed by atoms with Gasteiger partial charge in [-0.05, 0) is 74.2 Å². The fourth-order valence-corrected chi connectivity index (χ4v) is 11.2. The standard InChI is InChI=1S/C18H22O6S3/c1-12-6-13(2)9-16(8-12)26(21,22)18(25(5,19)20)27(23,24)17-10-14(3)7-15(4)11-17/h6-11,18H,1-5H3. The Morgan fingerprint density at radius 3 is 1.04 bits per heavy atom. The van der Waals surface area contributed by atoms with E-state index in [1.165, 1.54) is 24.3 Å². The highest BCUT2D eigenvalue weighted by Crippen LogP contribution is 2.31. The summed E-state index contributed by atoms with van der Waals surface area (Å²) in [4.78, 5) is -0.660. The third-order valence-corrected chi connectivity index (χ3v) is 12.5. The molecule has 2 aromatic carbocycles. The molecule has 0 amide bonds. The molecule has 0 saturated heterocycles. The largest absolute Gasteiger partial charge is 0.271 e. The zero-order valence-corrected chi connectivity index (χ0v) is 18.2. The van der Waals surface area contributed by atoms with E-state index in [0.29, 0.717) is 28.5 Å². The minimum absolute atomic E-state index is 0.330. The number of hydrogen-bond donors (Lipinski definition) is 0. The predicted molar refractivity (Wildman–Crippen MR) is 105 cm³/mol. The molecule has 2 aromatic rings. The molecule has 0 radical (unpaired) electrons. The van der Waals surface area contributed by atoms with Crippen molar-refractivity contribution in [3.63, 3.8) is 0 Å². The van der Waals surface area contributed by atoms with Crippen molar-refractivity contribution in [2.24, 2.45) is 0 Å². The van der Waals surface area contributed by atoms with Gasteiger partial charge in [-0.15, -0.1) is 0 Å². The highest BCUT2D eigenvalue weighted by atomic mass is 32.3. The number of aryl methyl sites for hydroxylation is 4. The fourth-order valence-electron chi connectivity index (χ4n) is 3.04. The Morgan fingerprint density at radius 2 is 0.815 bits per heavy atom. The van der Waals surface area contributed by atoms with Gasteiger partial charge in [-0.3, -0.25) is 0 Å². The predicted octanol–water partition coefficient (Wildman–Crippen LogP) is 2.50. The molecule has 6 nitrogen and oxygen atoms in total. The molecule has 0 atom stereocenters. The average Bonchev–Trinajstić information content (AvgIpc) is 2.42. The van der Waals surface area contributed by atoms with Gasteiger partial charge in [0.2, 0.25) is 19.7 Å². The molecule has 0 aliphatic carbocycles. The number of sulfone groups is 3. The lowest BCUT2D eigenvalue weighted by Gasteiger charge is -2.18. The molecule has 0 N–H and O–H groups in total. The molecule has 0 aromatic heterocycles. The molecule has 2 rings (SSSR count). The summed E-state index contributed by atoms with van der Waals surface area (Å²) in [5.74, 6) is 0. The van der Waals surface area contributed by atoms with Crippen LogP contribution in [0.2, 0.25) is 0 Å². The Labute approximate surface area is 161 Å². The van der Waals surface area contributed by atoms with Crippen LogP contribution in [0.1, 0.15) is 22.3 Å². The number of hydrogen-bond acceptors (Lipinski definition) is 6. The van der Waals surface area contributed by atoms with Gasteiger partial charge in [-0.2, -0.15) is 0 Å². The van der Waals surface area contributed by atoms with Crippen molar-refractivity contribution < 1.29 is 25.3 Å². The third kappa shape index (κ3) is 4.41. The zero-order chi connectivity index (χ0) is 20.8. The van der Waals surface area contributed by atoms with Gasteiger partial charge in [0.05, 0.1) is 9.79 Å². The lowest BCUT2D eigenvalue weighted by Crippen LogP contribution is -2.37. The fraction of sp³-hybridized carbons (Fsp3) is 0.333. The van der Waals surface area contributed by atoms with Crippen LogP contribution in [0.3, 0.4) is 0 Å². The first kappa shape index (κ1) is 21.6. The minimum atomic E-state index is -4.71. The van der Waals surface area contributed by atoms with Crippen LogP contribution in [0.15, 0.2) is 46.2 Å². The van der Waals surface area contributed by atoms with Crippen molar-refractivity contribution in [2.45, 2.75) is 41.4 Å². The summed E-state index contributed by atoms with van der Waals surface area (Å²) in [6, 6.07) is 8.53. The molecular weight excluding hydrogens is 408 g/mol. The molecule has 0 heterocycles. The highest BCUT2D eigenvalue weighted by molar-refractivity contribution is 8.24. The smallest absolute Gasteiger partial charge is 0.227 e. The molecule has 0 unspecified atom stereocenters. The Balaban J connectivity index is 2.83. The van der Waals surface area contributed by atoms with E-state index < -0.39 is 33.4 Å². The van der Waals surface area contributed by atoms with Gasteiger partial charge in [-0.25, -0.2) is 25.3 Å². The topological polar surface area (TPSA) is 102 Å². The van der Waals surface area contributed by atoms with Crippen molar-refractivity contribution in [3.8, 4) is 0 Å². The van der Waals surface area contributed by atoms with Crippen LogP contribution in [0, 0.1) is 27.7 Å². The second kappa shape index (κ2) is 7.03. The van der Waals surface area contributed by atoms with Gasteiger partial charge >= 0.3 is 0 Å². The summed E-state index contributed by atoms with van der Waals surface area (Å²) in [5, 5.41) is 0. The minimum Gasteiger partial charge on any atom is -0.227 e. The van der Waals surface area contributed by atoms with E-state index in [2.05, 4.69) is 0 Å². The van der Waals surface area contributed by atoms with Gasteiger partial charge in [0.25, 0.3) is 3.91 Å². The van der Waals surface area contributed by atoms with Crippen molar-refractivity contribution >= 4 is 29.5 Å². The maximum Gasteiger partial charge on any atom is 0.271 e. The molecule has 0 spiro atoms.